The number of nitrogens with one attached hydrogen (secondary N) is 2. The lowest BCUT2D eigenvalue weighted by molar-refractivity contribution is 0.523. The molecule has 0 amide bonds. The van der Waals surface area contributed by atoms with Crippen molar-refractivity contribution >= 4 is 12.2 Å². The summed E-state index contributed by atoms with van der Waals surface area (Å²) in [7, 11) is 0. The molecule has 0 aliphatic rings. The fourth-order valence-electron chi connectivity index (χ4n) is 2.61. The second kappa shape index (κ2) is 6.78. The van der Waals surface area contributed by atoms with Crippen LogP contribution in [0.5, 0.6) is 0 Å². The first kappa shape index (κ1) is 15.4. The van der Waals surface area contributed by atoms with E-state index in [4.69, 9.17) is 16.6 Å². The molecule has 0 fully saturated rings. The molecule has 4 aromatic rings. The maximum absolute atomic E-state index is 5.91. The Morgan fingerprint density at radius 2 is 1.60 bits per heavy atom. The van der Waals surface area contributed by atoms with Crippen LogP contribution >= 0.6 is 12.2 Å². The van der Waals surface area contributed by atoms with Gasteiger partial charge in [-0.1, -0.05) is 60.7 Å². The Morgan fingerprint density at radius 3 is 2.32 bits per heavy atom. The standard InChI is InChI=1S/C19H16N4OS/c25-19-22-21-18(15-9-5-2-6-10-15)23(19)20-13-16-11-12-17(24-16)14-7-3-1-4-8-14/h1-12,20H,13H2,(H,22,25). The highest BCUT2D eigenvalue weighted by Gasteiger charge is 2.09. The third-order valence-corrected chi connectivity index (χ3v) is 4.11. The van der Waals surface area contributed by atoms with Crippen molar-refractivity contribution in [2.24, 2.45) is 0 Å². The molecule has 2 heterocycles. The van der Waals surface area contributed by atoms with Gasteiger partial charge in [-0.2, -0.15) is 5.10 Å². The third-order valence-electron chi connectivity index (χ3n) is 3.84. The van der Waals surface area contributed by atoms with Crippen LogP contribution in [0.3, 0.4) is 0 Å². The number of hydrogen-bond acceptors (Lipinski definition) is 4. The SMILES string of the molecule is S=c1[nH]nc(-c2ccccc2)n1NCc1ccc(-c2ccccc2)o1. The molecule has 124 valence electrons. The van der Waals surface area contributed by atoms with E-state index in [1.165, 1.54) is 0 Å². The lowest BCUT2D eigenvalue weighted by Gasteiger charge is -2.08. The lowest BCUT2D eigenvalue weighted by atomic mass is 10.2. The highest BCUT2D eigenvalue weighted by molar-refractivity contribution is 7.71. The summed E-state index contributed by atoms with van der Waals surface area (Å²) < 4.78 is 8.18. The first-order valence-corrected chi connectivity index (χ1v) is 8.33. The van der Waals surface area contributed by atoms with E-state index in [1.54, 1.807) is 4.68 Å². The Bertz CT molecular complexity index is 1020. The second-order valence-electron chi connectivity index (χ2n) is 5.52. The molecule has 0 aliphatic carbocycles. The molecule has 6 heteroatoms. The van der Waals surface area contributed by atoms with E-state index in [1.807, 2.05) is 72.8 Å². The molecule has 5 nitrogen and oxygen atoms in total. The number of benzene rings is 2. The molecule has 0 unspecified atom stereocenters. The van der Waals surface area contributed by atoms with Gasteiger partial charge in [-0.25, -0.2) is 9.77 Å². The largest absolute Gasteiger partial charge is 0.459 e. The van der Waals surface area contributed by atoms with Gasteiger partial charge < -0.3 is 9.84 Å². The van der Waals surface area contributed by atoms with Gasteiger partial charge in [-0.05, 0) is 24.4 Å². The van der Waals surface area contributed by atoms with Crippen LogP contribution < -0.4 is 5.43 Å². The van der Waals surface area contributed by atoms with Gasteiger partial charge in [0.1, 0.15) is 11.5 Å². The van der Waals surface area contributed by atoms with Gasteiger partial charge in [0.25, 0.3) is 0 Å². The summed E-state index contributed by atoms with van der Waals surface area (Å²) in [6.45, 7) is 0.501. The minimum Gasteiger partial charge on any atom is -0.459 e. The fourth-order valence-corrected chi connectivity index (χ4v) is 2.81. The summed E-state index contributed by atoms with van der Waals surface area (Å²) in [4.78, 5) is 0. The van der Waals surface area contributed by atoms with E-state index in [-0.39, 0.29) is 0 Å². The van der Waals surface area contributed by atoms with Gasteiger partial charge in [0, 0.05) is 11.1 Å². The first-order chi connectivity index (χ1) is 12.3. The predicted molar refractivity (Wildman–Crippen MR) is 100 cm³/mol. The monoisotopic (exact) mass is 348 g/mol. The van der Waals surface area contributed by atoms with Crippen LogP contribution in [0.2, 0.25) is 0 Å². The molecule has 4 rings (SSSR count). The van der Waals surface area contributed by atoms with Crippen LogP contribution in [-0.4, -0.2) is 14.9 Å². The summed E-state index contributed by atoms with van der Waals surface area (Å²) in [6.07, 6.45) is 0. The van der Waals surface area contributed by atoms with Crippen molar-refractivity contribution < 1.29 is 4.42 Å². The van der Waals surface area contributed by atoms with Crippen LogP contribution in [0.1, 0.15) is 5.76 Å². The number of aromatic nitrogens is 3. The van der Waals surface area contributed by atoms with Crippen LogP contribution in [0.25, 0.3) is 22.7 Å². The first-order valence-electron chi connectivity index (χ1n) is 7.92. The Balaban J connectivity index is 1.54. The van der Waals surface area contributed by atoms with Crippen LogP contribution in [-0.2, 0) is 6.54 Å². The summed E-state index contributed by atoms with van der Waals surface area (Å²) in [5, 5.41) is 7.13. The maximum Gasteiger partial charge on any atom is 0.214 e. The van der Waals surface area contributed by atoms with Crippen LogP contribution in [0.15, 0.2) is 77.2 Å². The molecule has 0 spiro atoms. The van der Waals surface area contributed by atoms with E-state index >= 15 is 0 Å². The zero-order valence-electron chi connectivity index (χ0n) is 13.3. The summed E-state index contributed by atoms with van der Waals surface area (Å²) in [5.41, 5.74) is 5.30. The van der Waals surface area contributed by atoms with E-state index in [0.29, 0.717) is 11.3 Å². The van der Waals surface area contributed by atoms with Crippen molar-refractivity contribution in [2.75, 3.05) is 5.43 Å². The van der Waals surface area contributed by atoms with Crippen molar-refractivity contribution in [1.29, 1.82) is 0 Å². The predicted octanol–water partition coefficient (Wildman–Crippen LogP) is 4.61. The molecule has 2 aromatic heterocycles. The molecule has 0 aliphatic heterocycles. The quantitative estimate of drug-likeness (QED) is 0.517. The zero-order chi connectivity index (χ0) is 17.1. The van der Waals surface area contributed by atoms with Crippen molar-refractivity contribution in [3.8, 4) is 22.7 Å². The summed E-state index contributed by atoms with van der Waals surface area (Å²) in [6, 6.07) is 23.8. The van der Waals surface area contributed by atoms with Gasteiger partial charge in [0.05, 0.1) is 6.54 Å². The zero-order valence-corrected chi connectivity index (χ0v) is 14.2. The van der Waals surface area contributed by atoms with Gasteiger partial charge in [0.15, 0.2) is 5.82 Å². The molecule has 0 bridgehead atoms. The van der Waals surface area contributed by atoms with Gasteiger partial charge >= 0.3 is 0 Å². The molecule has 0 saturated carbocycles. The molecule has 2 N–H and O–H groups in total. The van der Waals surface area contributed by atoms with E-state index in [9.17, 15) is 0 Å². The smallest absolute Gasteiger partial charge is 0.214 e. The Labute approximate surface area is 149 Å². The topological polar surface area (TPSA) is 58.8 Å². The van der Waals surface area contributed by atoms with Gasteiger partial charge in [-0.3, -0.25) is 0 Å². The van der Waals surface area contributed by atoms with Gasteiger partial charge in [-0.15, -0.1) is 0 Å². The molecular weight excluding hydrogens is 332 g/mol. The number of rotatable bonds is 5. The number of H-pyrrole nitrogens is 1. The maximum atomic E-state index is 5.91. The number of furan rings is 1. The van der Waals surface area contributed by atoms with Crippen molar-refractivity contribution in [1.82, 2.24) is 14.9 Å². The van der Waals surface area contributed by atoms with Crippen molar-refractivity contribution in [3.63, 3.8) is 0 Å². The summed E-state index contributed by atoms with van der Waals surface area (Å²) >= 11 is 5.32. The summed E-state index contributed by atoms with van der Waals surface area (Å²) in [5.74, 6) is 2.40. The molecule has 0 saturated heterocycles. The number of aromatic amines is 1. The Kier molecular flexibility index (Phi) is 4.18. The number of hydrogen-bond donors (Lipinski definition) is 2. The van der Waals surface area contributed by atoms with Crippen LogP contribution in [0.4, 0.5) is 0 Å². The van der Waals surface area contributed by atoms with Crippen LogP contribution in [0, 0.1) is 4.77 Å². The van der Waals surface area contributed by atoms with E-state index in [0.717, 1.165) is 28.5 Å². The molecule has 0 radical (unpaired) electrons. The number of nitrogens with zero attached hydrogens (tertiary/aromatic N) is 2. The minimum absolute atomic E-state index is 0.501. The van der Waals surface area contributed by atoms with E-state index in [2.05, 4.69) is 15.6 Å². The van der Waals surface area contributed by atoms with Crippen molar-refractivity contribution in [3.05, 3.63) is 83.3 Å². The highest BCUT2D eigenvalue weighted by Crippen LogP contribution is 2.22. The average Bonchev–Trinajstić information content (AvgIpc) is 3.28. The lowest BCUT2D eigenvalue weighted by Crippen LogP contribution is -2.15. The van der Waals surface area contributed by atoms with Crippen molar-refractivity contribution in [2.45, 2.75) is 6.54 Å². The Hall–Kier alpha value is -3.12. The Morgan fingerprint density at radius 1 is 0.920 bits per heavy atom. The van der Waals surface area contributed by atoms with E-state index < -0.39 is 0 Å². The molecule has 25 heavy (non-hydrogen) atoms. The third kappa shape index (κ3) is 3.25. The molecule has 0 atom stereocenters. The minimum atomic E-state index is 0.501. The normalized spacial score (nSPS) is 10.7. The molecule has 2 aromatic carbocycles. The average molecular weight is 348 g/mol. The fraction of sp³-hybridized carbons (Fsp3) is 0.0526. The van der Waals surface area contributed by atoms with Gasteiger partial charge in [0.2, 0.25) is 4.77 Å². The molecular formula is C19H16N4OS. The second-order valence-corrected chi connectivity index (χ2v) is 5.91. The highest BCUT2D eigenvalue weighted by atomic mass is 32.1.